The Morgan fingerprint density at radius 1 is 1.32 bits per heavy atom. The van der Waals surface area contributed by atoms with Crippen molar-refractivity contribution in [2.24, 2.45) is 5.73 Å². The number of nitrogens with two attached hydrogens (primary N) is 1. The summed E-state index contributed by atoms with van der Waals surface area (Å²) in [6, 6.07) is 6.91. The van der Waals surface area contributed by atoms with Gasteiger partial charge < -0.3 is 30.9 Å². The number of aromatic amines is 1. The average molecular weight is 266 g/mol. The Hall–Kier alpha value is -1.87. The molecule has 1 aromatic heterocycles. The fraction of sp³-hybridized carbons (Fsp3) is 0.182. The van der Waals surface area contributed by atoms with Crippen LogP contribution in [-0.4, -0.2) is 44.5 Å². The van der Waals surface area contributed by atoms with Gasteiger partial charge in [0.1, 0.15) is 6.04 Å². The van der Waals surface area contributed by atoms with Crippen LogP contribution >= 0.6 is 0 Å². The summed E-state index contributed by atoms with van der Waals surface area (Å²) in [5, 5.41) is 31.3. The van der Waals surface area contributed by atoms with E-state index in [-0.39, 0.29) is 0 Å². The lowest BCUT2D eigenvalue weighted by Crippen LogP contribution is -2.32. The first kappa shape index (κ1) is 15.2. The van der Waals surface area contributed by atoms with Crippen LogP contribution in [0.3, 0.4) is 0 Å². The molecule has 0 fully saturated rings. The monoisotopic (exact) mass is 266 g/mol. The standard InChI is InChI=1S/C11H12N2O2.BH3O3/c12-9(11(14)15)5-7-6-13-10-4-2-1-3-8(7)10;2-1(3)4/h1-4,6,9,13H,5,12H2,(H,14,15);2-4H. The van der Waals surface area contributed by atoms with Gasteiger partial charge in [-0.3, -0.25) is 4.79 Å². The van der Waals surface area contributed by atoms with Crippen molar-refractivity contribution in [3.05, 3.63) is 36.0 Å². The van der Waals surface area contributed by atoms with Crippen LogP contribution < -0.4 is 5.73 Å². The predicted molar refractivity (Wildman–Crippen MR) is 70.0 cm³/mol. The van der Waals surface area contributed by atoms with E-state index in [1.165, 1.54) is 0 Å². The topological polar surface area (TPSA) is 140 Å². The summed E-state index contributed by atoms with van der Waals surface area (Å²) < 4.78 is 0. The number of carbonyl (C=O) groups is 1. The number of H-pyrrole nitrogens is 1. The maximum atomic E-state index is 10.6. The molecule has 0 saturated heterocycles. The molecule has 0 radical (unpaired) electrons. The van der Waals surface area contributed by atoms with Crippen molar-refractivity contribution in [2.75, 3.05) is 0 Å². The summed E-state index contributed by atoms with van der Waals surface area (Å²) >= 11 is 0. The number of rotatable bonds is 3. The van der Waals surface area contributed by atoms with Crippen LogP contribution in [0.1, 0.15) is 5.56 Å². The van der Waals surface area contributed by atoms with Gasteiger partial charge in [-0.25, -0.2) is 0 Å². The fourth-order valence-corrected chi connectivity index (χ4v) is 1.62. The molecule has 1 aromatic carbocycles. The van der Waals surface area contributed by atoms with E-state index < -0.39 is 19.3 Å². The van der Waals surface area contributed by atoms with E-state index in [4.69, 9.17) is 25.9 Å². The van der Waals surface area contributed by atoms with Crippen molar-refractivity contribution in [3.63, 3.8) is 0 Å². The Morgan fingerprint density at radius 3 is 2.47 bits per heavy atom. The summed E-state index contributed by atoms with van der Waals surface area (Å²) in [6.45, 7) is 0. The Bertz CT molecular complexity index is 540. The highest BCUT2D eigenvalue weighted by Gasteiger charge is 2.14. The number of fused-ring (bicyclic) bond motifs is 1. The van der Waals surface area contributed by atoms with Gasteiger partial charge in [-0.1, -0.05) is 18.2 Å². The van der Waals surface area contributed by atoms with E-state index in [0.717, 1.165) is 16.5 Å². The second kappa shape index (κ2) is 6.91. The molecule has 1 heterocycles. The van der Waals surface area contributed by atoms with Crippen LogP contribution in [0, 0.1) is 0 Å². The largest absolute Gasteiger partial charge is 0.631 e. The Labute approximate surface area is 109 Å². The normalized spacial score (nSPS) is 11.6. The Morgan fingerprint density at radius 2 is 1.89 bits per heavy atom. The molecule has 0 amide bonds. The molecule has 19 heavy (non-hydrogen) atoms. The number of benzene rings is 1. The van der Waals surface area contributed by atoms with Crippen LogP contribution in [0.15, 0.2) is 30.5 Å². The minimum atomic E-state index is -2.17. The molecule has 1 atom stereocenters. The van der Waals surface area contributed by atoms with Crippen LogP contribution in [0.5, 0.6) is 0 Å². The van der Waals surface area contributed by atoms with Gasteiger partial charge in [0.25, 0.3) is 0 Å². The van der Waals surface area contributed by atoms with Crippen LogP contribution in [0.4, 0.5) is 0 Å². The number of hydrogen-bond acceptors (Lipinski definition) is 5. The number of nitrogens with one attached hydrogen (secondary N) is 1. The minimum absolute atomic E-state index is 0.347. The molecule has 102 valence electrons. The summed E-state index contributed by atoms with van der Waals surface area (Å²) in [5.41, 5.74) is 7.43. The number of aliphatic carboxylic acids is 1. The molecule has 2 rings (SSSR count). The smallest absolute Gasteiger partial charge is 0.480 e. The molecule has 0 aliphatic heterocycles. The van der Waals surface area contributed by atoms with E-state index >= 15 is 0 Å². The molecular weight excluding hydrogens is 251 g/mol. The number of hydrogen-bond donors (Lipinski definition) is 6. The number of para-hydroxylation sites is 1. The molecule has 2 aromatic rings. The van der Waals surface area contributed by atoms with Gasteiger partial charge in [0.15, 0.2) is 0 Å². The van der Waals surface area contributed by atoms with Gasteiger partial charge in [0.05, 0.1) is 0 Å². The summed E-state index contributed by atoms with van der Waals surface area (Å²) in [5.74, 6) is -0.972. The van der Waals surface area contributed by atoms with Crippen LogP contribution in [0.2, 0.25) is 0 Å². The number of carboxylic acid groups (broad SMARTS) is 1. The van der Waals surface area contributed by atoms with Gasteiger partial charge in [0, 0.05) is 23.5 Å². The summed E-state index contributed by atoms with van der Waals surface area (Å²) in [4.78, 5) is 13.7. The second-order valence-corrected chi connectivity index (χ2v) is 3.85. The summed E-state index contributed by atoms with van der Waals surface area (Å²) in [6.07, 6.45) is 2.16. The zero-order chi connectivity index (χ0) is 14.4. The van der Waals surface area contributed by atoms with Gasteiger partial charge in [0.2, 0.25) is 0 Å². The van der Waals surface area contributed by atoms with Gasteiger partial charge in [-0.05, 0) is 11.6 Å². The molecule has 8 heteroatoms. The number of aromatic nitrogens is 1. The van der Waals surface area contributed by atoms with E-state index in [2.05, 4.69) is 4.98 Å². The van der Waals surface area contributed by atoms with Crippen molar-refractivity contribution >= 4 is 24.2 Å². The van der Waals surface area contributed by atoms with Gasteiger partial charge >= 0.3 is 13.3 Å². The molecular formula is C11H15BN2O5. The van der Waals surface area contributed by atoms with Gasteiger partial charge in [-0.2, -0.15) is 0 Å². The predicted octanol–water partition coefficient (Wildman–Crippen LogP) is -0.929. The average Bonchev–Trinajstić information content (AvgIpc) is 2.72. The molecule has 7 N–H and O–H groups in total. The third-order valence-electron chi connectivity index (χ3n) is 2.43. The van der Waals surface area contributed by atoms with E-state index in [0.29, 0.717) is 6.42 Å². The molecule has 7 nitrogen and oxygen atoms in total. The highest BCUT2D eigenvalue weighted by atomic mass is 16.5. The highest BCUT2D eigenvalue weighted by molar-refractivity contribution is 6.30. The van der Waals surface area contributed by atoms with Crippen molar-refractivity contribution in [3.8, 4) is 0 Å². The first-order valence-electron chi connectivity index (χ1n) is 5.49. The number of carboxylic acids is 1. The third-order valence-corrected chi connectivity index (χ3v) is 2.43. The van der Waals surface area contributed by atoms with Crippen LogP contribution in [-0.2, 0) is 11.2 Å². The highest BCUT2D eigenvalue weighted by Crippen LogP contribution is 2.18. The SMILES string of the molecule is NC(Cc1c[nH]c2ccccc12)C(=O)O.OB(O)O. The molecule has 0 aliphatic carbocycles. The lowest BCUT2D eigenvalue weighted by Gasteiger charge is -2.04. The van der Waals surface area contributed by atoms with Gasteiger partial charge in [-0.15, -0.1) is 0 Å². The van der Waals surface area contributed by atoms with E-state index in [1.807, 2.05) is 30.5 Å². The minimum Gasteiger partial charge on any atom is -0.480 e. The third kappa shape index (κ3) is 4.72. The zero-order valence-electron chi connectivity index (χ0n) is 10.0. The maximum Gasteiger partial charge on any atom is 0.631 e. The molecule has 1 unspecified atom stereocenters. The van der Waals surface area contributed by atoms with E-state index in [9.17, 15) is 4.79 Å². The molecule has 0 saturated carbocycles. The zero-order valence-corrected chi connectivity index (χ0v) is 10.0. The lowest BCUT2D eigenvalue weighted by molar-refractivity contribution is -0.138. The molecule has 0 bridgehead atoms. The Kier molecular flexibility index (Phi) is 5.52. The van der Waals surface area contributed by atoms with E-state index in [1.54, 1.807) is 0 Å². The molecule has 0 spiro atoms. The first-order valence-corrected chi connectivity index (χ1v) is 5.49. The van der Waals surface area contributed by atoms with Crippen molar-refractivity contribution < 1.29 is 25.0 Å². The Balaban J connectivity index is 0.000000399. The quantitative estimate of drug-likeness (QED) is 0.396. The first-order chi connectivity index (χ1) is 8.91. The fourth-order valence-electron chi connectivity index (χ4n) is 1.62. The lowest BCUT2D eigenvalue weighted by atomic mass is 10.1. The molecule has 0 aliphatic rings. The van der Waals surface area contributed by atoms with Crippen LogP contribution in [0.25, 0.3) is 10.9 Å². The summed E-state index contributed by atoms with van der Waals surface area (Å²) in [7, 11) is -2.17. The maximum absolute atomic E-state index is 10.6. The van der Waals surface area contributed by atoms with Crippen molar-refractivity contribution in [1.82, 2.24) is 4.98 Å². The second-order valence-electron chi connectivity index (χ2n) is 3.85. The van der Waals surface area contributed by atoms with Crippen molar-refractivity contribution in [2.45, 2.75) is 12.5 Å². The van der Waals surface area contributed by atoms with Crippen molar-refractivity contribution in [1.29, 1.82) is 0 Å².